The van der Waals surface area contributed by atoms with Crippen molar-refractivity contribution >= 4 is 17.7 Å². The summed E-state index contributed by atoms with van der Waals surface area (Å²) in [6.07, 6.45) is 3.08. The predicted molar refractivity (Wildman–Crippen MR) is 80.0 cm³/mol. The normalized spacial score (nSPS) is 9.81. The van der Waals surface area contributed by atoms with E-state index in [4.69, 9.17) is 10.5 Å². The Kier molecular flexibility index (Phi) is 4.48. The fraction of sp³-hybridized carbons (Fsp3) is 0. The van der Waals surface area contributed by atoms with Gasteiger partial charge in [-0.05, 0) is 48.0 Å². The minimum Gasteiger partial charge on any atom is -0.323 e. The van der Waals surface area contributed by atoms with E-state index in [1.165, 1.54) is 6.08 Å². The molecule has 0 fully saturated rings. The largest absolute Gasteiger partial charge is 0.323 e. The number of amides is 1. The smallest absolute Gasteiger partial charge is 0.248 e. The number of carbonyl (C=O) groups is 1. The third kappa shape index (κ3) is 4.05. The summed E-state index contributed by atoms with van der Waals surface area (Å²) in [5.41, 5.74) is 2.59. The molecule has 0 spiro atoms. The van der Waals surface area contributed by atoms with Crippen LogP contribution in [0.1, 0.15) is 16.7 Å². The molecule has 1 amide bonds. The third-order valence-corrected chi connectivity index (χ3v) is 2.75. The molecule has 4 nitrogen and oxygen atoms in total. The number of anilines is 1. The van der Waals surface area contributed by atoms with Gasteiger partial charge in [0.05, 0.1) is 23.3 Å². The molecular formula is C17H11N3O. The van der Waals surface area contributed by atoms with Gasteiger partial charge in [0.1, 0.15) is 0 Å². The monoisotopic (exact) mass is 273 g/mol. The van der Waals surface area contributed by atoms with Crippen LogP contribution in [0.25, 0.3) is 6.08 Å². The van der Waals surface area contributed by atoms with E-state index in [0.29, 0.717) is 16.8 Å². The maximum Gasteiger partial charge on any atom is 0.248 e. The fourth-order valence-corrected chi connectivity index (χ4v) is 1.65. The zero-order valence-electron chi connectivity index (χ0n) is 11.1. The van der Waals surface area contributed by atoms with Crippen LogP contribution >= 0.6 is 0 Å². The summed E-state index contributed by atoms with van der Waals surface area (Å²) in [5.74, 6) is -0.260. The fourth-order valence-electron chi connectivity index (χ4n) is 1.65. The Morgan fingerprint density at radius 1 is 0.905 bits per heavy atom. The number of rotatable bonds is 3. The van der Waals surface area contributed by atoms with Crippen molar-refractivity contribution in [1.29, 1.82) is 10.5 Å². The SMILES string of the molecule is N#Cc1ccc(/C=C/C(=O)Nc2ccc(C#N)cc2)cc1. The quantitative estimate of drug-likeness (QED) is 0.873. The average Bonchev–Trinajstić information content (AvgIpc) is 2.54. The summed E-state index contributed by atoms with van der Waals surface area (Å²) in [6.45, 7) is 0. The summed E-state index contributed by atoms with van der Waals surface area (Å²) < 4.78 is 0. The molecule has 2 aromatic rings. The number of nitrogens with zero attached hydrogens (tertiary/aromatic N) is 2. The van der Waals surface area contributed by atoms with Gasteiger partial charge in [-0.1, -0.05) is 12.1 Å². The van der Waals surface area contributed by atoms with E-state index >= 15 is 0 Å². The van der Waals surface area contributed by atoms with Crippen LogP contribution < -0.4 is 5.32 Å². The molecule has 0 atom stereocenters. The molecular weight excluding hydrogens is 262 g/mol. The number of hydrogen-bond acceptors (Lipinski definition) is 3. The van der Waals surface area contributed by atoms with Crippen molar-refractivity contribution in [2.75, 3.05) is 5.32 Å². The second-order valence-electron chi connectivity index (χ2n) is 4.25. The van der Waals surface area contributed by atoms with E-state index in [1.54, 1.807) is 54.6 Å². The molecule has 0 radical (unpaired) electrons. The molecule has 0 heterocycles. The van der Waals surface area contributed by atoms with E-state index in [-0.39, 0.29) is 5.91 Å². The van der Waals surface area contributed by atoms with Crippen molar-refractivity contribution in [2.45, 2.75) is 0 Å². The molecule has 2 aromatic carbocycles. The summed E-state index contributed by atoms with van der Waals surface area (Å²) in [5, 5.41) is 20.1. The van der Waals surface area contributed by atoms with Crippen molar-refractivity contribution in [3.63, 3.8) is 0 Å². The summed E-state index contributed by atoms with van der Waals surface area (Å²) in [6, 6.07) is 17.6. The molecule has 0 aliphatic heterocycles. The Morgan fingerprint density at radius 2 is 1.43 bits per heavy atom. The van der Waals surface area contributed by atoms with Crippen molar-refractivity contribution in [2.24, 2.45) is 0 Å². The van der Waals surface area contributed by atoms with Gasteiger partial charge in [-0.15, -0.1) is 0 Å². The summed E-state index contributed by atoms with van der Waals surface area (Å²) in [4.78, 5) is 11.7. The van der Waals surface area contributed by atoms with Crippen molar-refractivity contribution in [3.05, 3.63) is 71.3 Å². The lowest BCUT2D eigenvalue weighted by Gasteiger charge is -2.01. The zero-order valence-corrected chi connectivity index (χ0v) is 11.1. The van der Waals surface area contributed by atoms with E-state index in [0.717, 1.165) is 5.56 Å². The molecule has 0 aliphatic carbocycles. The number of nitrogens with one attached hydrogen (secondary N) is 1. The van der Waals surface area contributed by atoms with Gasteiger partial charge in [0.25, 0.3) is 0 Å². The lowest BCUT2D eigenvalue weighted by Crippen LogP contribution is -2.07. The van der Waals surface area contributed by atoms with Crippen LogP contribution in [0.4, 0.5) is 5.69 Å². The Labute approximate surface area is 122 Å². The molecule has 100 valence electrons. The second kappa shape index (κ2) is 6.70. The van der Waals surface area contributed by atoms with E-state index < -0.39 is 0 Å². The number of hydrogen-bond donors (Lipinski definition) is 1. The molecule has 0 saturated heterocycles. The van der Waals surface area contributed by atoms with Crippen LogP contribution in [-0.2, 0) is 4.79 Å². The van der Waals surface area contributed by atoms with Crippen LogP contribution in [-0.4, -0.2) is 5.91 Å². The number of nitriles is 2. The first-order chi connectivity index (χ1) is 10.2. The van der Waals surface area contributed by atoms with Crippen LogP contribution in [0.15, 0.2) is 54.6 Å². The van der Waals surface area contributed by atoms with Crippen molar-refractivity contribution in [3.8, 4) is 12.1 Å². The van der Waals surface area contributed by atoms with Crippen LogP contribution in [0.5, 0.6) is 0 Å². The van der Waals surface area contributed by atoms with Gasteiger partial charge in [-0.2, -0.15) is 10.5 Å². The average molecular weight is 273 g/mol. The van der Waals surface area contributed by atoms with Crippen LogP contribution in [0.3, 0.4) is 0 Å². The highest BCUT2D eigenvalue weighted by Gasteiger charge is 1.98. The van der Waals surface area contributed by atoms with Crippen molar-refractivity contribution < 1.29 is 4.79 Å². The minimum absolute atomic E-state index is 0.260. The van der Waals surface area contributed by atoms with Gasteiger partial charge in [0, 0.05) is 11.8 Å². The first-order valence-corrected chi connectivity index (χ1v) is 6.20. The maximum absolute atomic E-state index is 11.7. The van der Waals surface area contributed by atoms with Gasteiger partial charge < -0.3 is 5.32 Å². The van der Waals surface area contributed by atoms with Crippen LogP contribution in [0.2, 0.25) is 0 Å². The first kappa shape index (κ1) is 14.0. The van der Waals surface area contributed by atoms with Gasteiger partial charge in [0.15, 0.2) is 0 Å². The maximum atomic E-state index is 11.7. The lowest BCUT2D eigenvalue weighted by molar-refractivity contribution is -0.111. The van der Waals surface area contributed by atoms with E-state index in [1.807, 2.05) is 12.1 Å². The Bertz CT molecular complexity index is 745. The van der Waals surface area contributed by atoms with Gasteiger partial charge in [0.2, 0.25) is 5.91 Å². The van der Waals surface area contributed by atoms with Crippen LogP contribution in [0, 0.1) is 22.7 Å². The summed E-state index contributed by atoms with van der Waals surface area (Å²) in [7, 11) is 0. The van der Waals surface area contributed by atoms with Gasteiger partial charge in [-0.3, -0.25) is 4.79 Å². The second-order valence-corrected chi connectivity index (χ2v) is 4.25. The van der Waals surface area contributed by atoms with Gasteiger partial charge in [-0.25, -0.2) is 0 Å². The highest BCUT2D eigenvalue weighted by Crippen LogP contribution is 2.09. The lowest BCUT2D eigenvalue weighted by atomic mass is 10.1. The molecule has 4 heteroatoms. The number of benzene rings is 2. The topological polar surface area (TPSA) is 76.7 Å². The standard InChI is InChI=1S/C17H11N3O/c18-11-14-3-1-13(2-4-14)7-10-17(21)20-16-8-5-15(12-19)6-9-16/h1-10H,(H,20,21)/b10-7+. The number of carbonyl (C=O) groups excluding carboxylic acids is 1. The molecule has 21 heavy (non-hydrogen) atoms. The summed E-state index contributed by atoms with van der Waals surface area (Å²) >= 11 is 0. The Hall–Kier alpha value is -3.37. The molecule has 0 bridgehead atoms. The van der Waals surface area contributed by atoms with Crippen molar-refractivity contribution in [1.82, 2.24) is 0 Å². The van der Waals surface area contributed by atoms with E-state index in [9.17, 15) is 4.79 Å². The molecule has 0 unspecified atom stereocenters. The first-order valence-electron chi connectivity index (χ1n) is 6.20. The highest BCUT2D eigenvalue weighted by molar-refractivity contribution is 6.01. The van der Waals surface area contributed by atoms with E-state index in [2.05, 4.69) is 5.32 Å². The predicted octanol–water partition coefficient (Wildman–Crippen LogP) is 3.08. The van der Waals surface area contributed by atoms with Gasteiger partial charge >= 0.3 is 0 Å². The minimum atomic E-state index is -0.260. The third-order valence-electron chi connectivity index (χ3n) is 2.75. The zero-order chi connectivity index (χ0) is 15.1. The molecule has 0 saturated carbocycles. The molecule has 1 N–H and O–H groups in total. The molecule has 2 rings (SSSR count). The Balaban J connectivity index is 1.98. The molecule has 0 aromatic heterocycles. The highest BCUT2D eigenvalue weighted by atomic mass is 16.1. The Morgan fingerprint density at radius 3 is 1.95 bits per heavy atom. The molecule has 0 aliphatic rings.